The van der Waals surface area contributed by atoms with E-state index in [1.54, 1.807) is 12.4 Å². The number of hydrogen-bond donors (Lipinski definition) is 1. The van der Waals surface area contributed by atoms with Gasteiger partial charge in [-0.1, -0.05) is 23.7 Å². The molecular weight excluding hydrogens is 238 g/mol. The average Bonchev–Trinajstić information content (AvgIpc) is 2.76. The van der Waals surface area contributed by atoms with Crippen LogP contribution in [-0.2, 0) is 11.2 Å². The molecular formula is C13H12ClNO2. The second-order valence-electron chi connectivity index (χ2n) is 3.69. The van der Waals surface area contributed by atoms with Crippen molar-refractivity contribution >= 4 is 17.6 Å². The van der Waals surface area contributed by atoms with Crippen LogP contribution in [0.2, 0.25) is 5.02 Å². The maximum Gasteiger partial charge on any atom is 0.339 e. The fraction of sp³-hybridized carbons (Fsp3) is 0.154. The number of aromatic nitrogens is 1. The summed E-state index contributed by atoms with van der Waals surface area (Å²) in [5, 5.41) is 0.692. The summed E-state index contributed by atoms with van der Waals surface area (Å²) in [5.74, 6) is -0.330. The smallest absolute Gasteiger partial charge is 0.339 e. The molecule has 2 aromatic rings. The molecule has 17 heavy (non-hydrogen) atoms. The first-order valence-corrected chi connectivity index (χ1v) is 5.57. The molecule has 88 valence electrons. The van der Waals surface area contributed by atoms with E-state index in [2.05, 4.69) is 4.98 Å². The predicted molar refractivity (Wildman–Crippen MR) is 66.4 cm³/mol. The monoisotopic (exact) mass is 249 g/mol. The van der Waals surface area contributed by atoms with Crippen LogP contribution in [0.3, 0.4) is 0 Å². The average molecular weight is 250 g/mol. The molecule has 3 nitrogen and oxygen atoms in total. The molecule has 0 radical (unpaired) electrons. The number of H-pyrrole nitrogens is 1. The van der Waals surface area contributed by atoms with Crippen molar-refractivity contribution < 1.29 is 9.53 Å². The number of benzene rings is 1. The number of hydrogen-bond acceptors (Lipinski definition) is 2. The number of carbonyl (C=O) groups is 1. The Morgan fingerprint density at radius 1 is 1.41 bits per heavy atom. The Balaban J connectivity index is 2.25. The van der Waals surface area contributed by atoms with Crippen molar-refractivity contribution in [3.63, 3.8) is 0 Å². The maximum absolute atomic E-state index is 11.5. The van der Waals surface area contributed by atoms with E-state index in [9.17, 15) is 4.79 Å². The third-order valence-corrected chi connectivity index (χ3v) is 2.76. The van der Waals surface area contributed by atoms with Crippen LogP contribution in [0, 0.1) is 0 Å². The van der Waals surface area contributed by atoms with Crippen LogP contribution < -0.4 is 0 Å². The minimum atomic E-state index is -0.330. The standard InChI is InChI=1S/C13H12ClNO2/c1-17-13(16)12-8-15-7-10(12)5-9-3-2-4-11(14)6-9/h2-4,6-8,15H,5H2,1H3. The summed E-state index contributed by atoms with van der Waals surface area (Å²) >= 11 is 5.92. The fourth-order valence-corrected chi connectivity index (χ4v) is 1.92. The number of halogens is 1. The van der Waals surface area contributed by atoms with Gasteiger partial charge in [-0.3, -0.25) is 0 Å². The molecule has 0 saturated carbocycles. The third kappa shape index (κ3) is 2.68. The molecule has 0 aliphatic heterocycles. The van der Waals surface area contributed by atoms with Gasteiger partial charge in [-0.15, -0.1) is 0 Å². The van der Waals surface area contributed by atoms with Gasteiger partial charge in [-0.05, 0) is 29.7 Å². The lowest BCUT2D eigenvalue weighted by Gasteiger charge is -2.03. The number of nitrogens with one attached hydrogen (secondary N) is 1. The Bertz CT molecular complexity index is 534. The lowest BCUT2D eigenvalue weighted by Crippen LogP contribution is -2.03. The summed E-state index contributed by atoms with van der Waals surface area (Å²) in [6.07, 6.45) is 4.09. The van der Waals surface area contributed by atoms with Crippen molar-refractivity contribution in [1.82, 2.24) is 4.98 Å². The topological polar surface area (TPSA) is 42.1 Å². The van der Waals surface area contributed by atoms with Gasteiger partial charge in [0.1, 0.15) is 0 Å². The number of aromatic amines is 1. The Labute approximate surface area is 104 Å². The summed E-state index contributed by atoms with van der Waals surface area (Å²) in [6.45, 7) is 0. The van der Waals surface area contributed by atoms with E-state index in [1.807, 2.05) is 24.3 Å². The molecule has 1 aromatic heterocycles. The Morgan fingerprint density at radius 3 is 2.94 bits per heavy atom. The Hall–Kier alpha value is -1.74. The summed E-state index contributed by atoms with van der Waals surface area (Å²) in [4.78, 5) is 14.4. The van der Waals surface area contributed by atoms with Crippen molar-refractivity contribution in [2.45, 2.75) is 6.42 Å². The van der Waals surface area contributed by atoms with E-state index >= 15 is 0 Å². The third-order valence-electron chi connectivity index (χ3n) is 2.52. The predicted octanol–water partition coefficient (Wildman–Crippen LogP) is 3.05. The van der Waals surface area contributed by atoms with Gasteiger partial charge in [0, 0.05) is 17.4 Å². The highest BCUT2D eigenvalue weighted by molar-refractivity contribution is 6.30. The zero-order valence-electron chi connectivity index (χ0n) is 9.37. The van der Waals surface area contributed by atoms with E-state index in [0.717, 1.165) is 11.1 Å². The molecule has 0 aliphatic carbocycles. The van der Waals surface area contributed by atoms with Gasteiger partial charge in [0.2, 0.25) is 0 Å². The summed E-state index contributed by atoms with van der Waals surface area (Å²) in [7, 11) is 1.37. The molecule has 0 unspecified atom stereocenters. The van der Waals surface area contributed by atoms with Crippen LogP contribution in [0.4, 0.5) is 0 Å². The highest BCUT2D eigenvalue weighted by atomic mass is 35.5. The van der Waals surface area contributed by atoms with Crippen molar-refractivity contribution in [2.24, 2.45) is 0 Å². The lowest BCUT2D eigenvalue weighted by molar-refractivity contribution is 0.0600. The van der Waals surface area contributed by atoms with Gasteiger partial charge in [0.05, 0.1) is 12.7 Å². The Morgan fingerprint density at radius 2 is 2.24 bits per heavy atom. The van der Waals surface area contributed by atoms with Gasteiger partial charge in [-0.2, -0.15) is 0 Å². The molecule has 4 heteroatoms. The van der Waals surface area contributed by atoms with Crippen molar-refractivity contribution in [1.29, 1.82) is 0 Å². The van der Waals surface area contributed by atoms with Gasteiger partial charge in [-0.25, -0.2) is 4.79 Å². The molecule has 1 heterocycles. The van der Waals surface area contributed by atoms with E-state index in [4.69, 9.17) is 16.3 Å². The Kier molecular flexibility index (Phi) is 3.49. The van der Waals surface area contributed by atoms with E-state index in [0.29, 0.717) is 17.0 Å². The van der Waals surface area contributed by atoms with Crippen LogP contribution >= 0.6 is 11.6 Å². The van der Waals surface area contributed by atoms with E-state index in [-0.39, 0.29) is 5.97 Å². The first kappa shape index (κ1) is 11.7. The van der Waals surface area contributed by atoms with Crippen molar-refractivity contribution in [2.75, 3.05) is 7.11 Å². The number of esters is 1. The fourth-order valence-electron chi connectivity index (χ4n) is 1.71. The first-order valence-electron chi connectivity index (χ1n) is 5.19. The molecule has 0 fully saturated rings. The molecule has 0 spiro atoms. The normalized spacial score (nSPS) is 10.2. The number of rotatable bonds is 3. The first-order chi connectivity index (χ1) is 8.20. The van der Waals surface area contributed by atoms with Crippen LogP contribution in [0.5, 0.6) is 0 Å². The molecule has 0 amide bonds. The quantitative estimate of drug-likeness (QED) is 0.850. The van der Waals surface area contributed by atoms with E-state index in [1.165, 1.54) is 7.11 Å². The highest BCUT2D eigenvalue weighted by Crippen LogP contribution is 2.17. The molecule has 1 N–H and O–H groups in total. The number of carbonyl (C=O) groups excluding carboxylic acids is 1. The maximum atomic E-state index is 11.5. The van der Waals surface area contributed by atoms with Crippen LogP contribution in [-0.4, -0.2) is 18.1 Å². The van der Waals surface area contributed by atoms with Crippen molar-refractivity contribution in [3.8, 4) is 0 Å². The van der Waals surface area contributed by atoms with Gasteiger partial charge in [0.25, 0.3) is 0 Å². The van der Waals surface area contributed by atoms with E-state index < -0.39 is 0 Å². The van der Waals surface area contributed by atoms with Gasteiger partial charge < -0.3 is 9.72 Å². The van der Waals surface area contributed by atoms with Gasteiger partial charge >= 0.3 is 5.97 Å². The summed E-state index contributed by atoms with van der Waals surface area (Å²) in [6, 6.07) is 7.57. The number of methoxy groups -OCH3 is 1. The van der Waals surface area contributed by atoms with Gasteiger partial charge in [0.15, 0.2) is 0 Å². The second kappa shape index (κ2) is 5.06. The molecule has 0 aliphatic rings. The van der Waals surface area contributed by atoms with Crippen LogP contribution in [0.25, 0.3) is 0 Å². The molecule has 0 bridgehead atoms. The molecule has 2 rings (SSSR count). The molecule has 0 saturated heterocycles. The zero-order valence-corrected chi connectivity index (χ0v) is 10.1. The minimum Gasteiger partial charge on any atom is -0.465 e. The number of ether oxygens (including phenoxy) is 1. The highest BCUT2D eigenvalue weighted by Gasteiger charge is 2.12. The SMILES string of the molecule is COC(=O)c1c[nH]cc1Cc1cccc(Cl)c1. The van der Waals surface area contributed by atoms with Crippen molar-refractivity contribution in [3.05, 3.63) is 58.4 Å². The summed E-state index contributed by atoms with van der Waals surface area (Å²) in [5.41, 5.74) is 2.52. The molecule has 0 atom stereocenters. The molecule has 1 aromatic carbocycles. The largest absolute Gasteiger partial charge is 0.465 e. The van der Waals surface area contributed by atoms with Crippen LogP contribution in [0.15, 0.2) is 36.7 Å². The second-order valence-corrected chi connectivity index (χ2v) is 4.13. The lowest BCUT2D eigenvalue weighted by atomic mass is 10.0. The minimum absolute atomic E-state index is 0.330. The zero-order chi connectivity index (χ0) is 12.3. The summed E-state index contributed by atoms with van der Waals surface area (Å²) < 4.78 is 4.71. The van der Waals surface area contributed by atoms with Crippen LogP contribution in [0.1, 0.15) is 21.5 Å².